The zero-order chi connectivity index (χ0) is 10.1. The van der Waals surface area contributed by atoms with Crippen molar-refractivity contribution in [1.82, 2.24) is 4.90 Å². The second-order valence-corrected chi connectivity index (χ2v) is 5.82. The Balaban J connectivity index is 1.86. The summed E-state index contributed by atoms with van der Waals surface area (Å²) in [5.41, 5.74) is 0. The van der Waals surface area contributed by atoms with E-state index in [1.54, 1.807) is 0 Å². The van der Waals surface area contributed by atoms with Gasteiger partial charge in [0, 0.05) is 23.6 Å². The van der Waals surface area contributed by atoms with Crippen molar-refractivity contribution in [3.63, 3.8) is 0 Å². The Morgan fingerprint density at radius 3 is 2.86 bits per heavy atom. The van der Waals surface area contributed by atoms with Crippen molar-refractivity contribution in [2.75, 3.05) is 18.8 Å². The van der Waals surface area contributed by atoms with E-state index >= 15 is 0 Å². The minimum atomic E-state index is -0.619. The van der Waals surface area contributed by atoms with Crippen LogP contribution in [0, 0.1) is 5.92 Å². The molecule has 3 atom stereocenters. The minimum absolute atomic E-state index is 0.115. The summed E-state index contributed by atoms with van der Waals surface area (Å²) in [4.78, 5) is 13.2. The lowest BCUT2D eigenvalue weighted by Gasteiger charge is -2.22. The second kappa shape index (κ2) is 4.11. The topological polar surface area (TPSA) is 40.5 Å². The van der Waals surface area contributed by atoms with Crippen LogP contribution in [0.15, 0.2) is 0 Å². The highest BCUT2D eigenvalue weighted by Crippen LogP contribution is 2.32. The Kier molecular flexibility index (Phi) is 3.02. The summed E-state index contributed by atoms with van der Waals surface area (Å²) in [5, 5.41) is 9.65. The summed E-state index contributed by atoms with van der Waals surface area (Å²) in [6.45, 7) is 4.01. The lowest BCUT2D eigenvalue weighted by atomic mass is 10.1. The summed E-state index contributed by atoms with van der Waals surface area (Å²) >= 11 is 2.01. The van der Waals surface area contributed by atoms with Gasteiger partial charge in [-0.1, -0.05) is 6.92 Å². The van der Waals surface area contributed by atoms with Gasteiger partial charge in [-0.2, -0.15) is 11.8 Å². The molecule has 0 aromatic rings. The van der Waals surface area contributed by atoms with Crippen LogP contribution in [0.1, 0.15) is 19.8 Å². The van der Waals surface area contributed by atoms with Gasteiger partial charge in [-0.25, -0.2) is 0 Å². The highest BCUT2D eigenvalue weighted by Gasteiger charge is 2.35. The zero-order valence-corrected chi connectivity index (χ0v) is 9.30. The van der Waals surface area contributed by atoms with Gasteiger partial charge in [-0.3, -0.25) is 9.69 Å². The number of nitrogens with zero attached hydrogens (tertiary/aromatic N) is 1. The molecule has 0 spiro atoms. The SMILES string of the molecule is CC1CC(N2CCC(C(=O)O)C2)CS1. The average molecular weight is 215 g/mol. The standard InChI is InChI=1S/C10H17NO2S/c1-7-4-9(6-14-7)11-3-2-8(5-11)10(12)13/h7-9H,2-6H2,1H3,(H,12,13). The van der Waals surface area contributed by atoms with E-state index in [0.29, 0.717) is 6.04 Å². The fraction of sp³-hybridized carbons (Fsp3) is 0.900. The largest absolute Gasteiger partial charge is 0.481 e. The van der Waals surface area contributed by atoms with Crippen LogP contribution in [-0.2, 0) is 4.79 Å². The molecule has 0 bridgehead atoms. The molecule has 2 aliphatic heterocycles. The fourth-order valence-corrected chi connectivity index (χ4v) is 3.63. The molecule has 3 unspecified atom stereocenters. The van der Waals surface area contributed by atoms with Gasteiger partial charge in [-0.15, -0.1) is 0 Å². The molecule has 0 aliphatic carbocycles. The molecule has 2 aliphatic rings. The molecule has 80 valence electrons. The molecule has 2 fully saturated rings. The molecule has 0 aromatic heterocycles. The summed E-state index contributed by atoms with van der Waals surface area (Å²) in [7, 11) is 0. The highest BCUT2D eigenvalue weighted by molar-refractivity contribution is 8.00. The third-order valence-corrected chi connectivity index (χ3v) is 4.60. The van der Waals surface area contributed by atoms with E-state index in [4.69, 9.17) is 5.11 Å². The molecule has 2 heterocycles. The van der Waals surface area contributed by atoms with Crippen LogP contribution in [0.2, 0.25) is 0 Å². The Morgan fingerprint density at radius 2 is 2.36 bits per heavy atom. The zero-order valence-electron chi connectivity index (χ0n) is 8.48. The second-order valence-electron chi connectivity index (χ2n) is 4.35. The minimum Gasteiger partial charge on any atom is -0.481 e. The smallest absolute Gasteiger partial charge is 0.307 e. The molecule has 0 saturated carbocycles. The first-order valence-corrected chi connectivity index (χ1v) is 6.30. The number of likely N-dealkylation sites (tertiary alicyclic amines) is 1. The number of aliphatic carboxylic acids is 1. The van der Waals surface area contributed by atoms with E-state index in [0.717, 1.165) is 24.8 Å². The number of rotatable bonds is 2. The van der Waals surface area contributed by atoms with Crippen molar-refractivity contribution >= 4 is 17.7 Å². The van der Waals surface area contributed by atoms with Crippen molar-refractivity contribution in [3.05, 3.63) is 0 Å². The predicted octanol–water partition coefficient (Wildman–Crippen LogP) is 1.29. The van der Waals surface area contributed by atoms with Gasteiger partial charge in [0.2, 0.25) is 0 Å². The number of carboxylic acids is 1. The third-order valence-electron chi connectivity index (χ3n) is 3.26. The Bertz CT molecular complexity index is 234. The van der Waals surface area contributed by atoms with Crippen molar-refractivity contribution in [2.45, 2.75) is 31.1 Å². The summed E-state index contributed by atoms with van der Waals surface area (Å²) in [6, 6.07) is 0.638. The van der Waals surface area contributed by atoms with E-state index in [1.165, 1.54) is 12.2 Å². The Morgan fingerprint density at radius 1 is 1.57 bits per heavy atom. The number of hydrogen-bond donors (Lipinski definition) is 1. The van der Waals surface area contributed by atoms with E-state index in [2.05, 4.69) is 11.8 Å². The maximum atomic E-state index is 10.8. The van der Waals surface area contributed by atoms with Crippen LogP contribution >= 0.6 is 11.8 Å². The quantitative estimate of drug-likeness (QED) is 0.753. The molecule has 0 radical (unpaired) electrons. The number of hydrogen-bond acceptors (Lipinski definition) is 3. The first-order chi connectivity index (χ1) is 6.66. The molecular weight excluding hydrogens is 198 g/mol. The molecular formula is C10H17NO2S. The van der Waals surface area contributed by atoms with Gasteiger partial charge in [0.1, 0.15) is 0 Å². The maximum absolute atomic E-state index is 10.8. The van der Waals surface area contributed by atoms with Crippen molar-refractivity contribution in [1.29, 1.82) is 0 Å². The fourth-order valence-electron chi connectivity index (χ4n) is 2.37. The predicted molar refractivity (Wildman–Crippen MR) is 57.6 cm³/mol. The molecule has 3 nitrogen and oxygen atoms in total. The van der Waals surface area contributed by atoms with Crippen molar-refractivity contribution < 1.29 is 9.90 Å². The molecule has 2 rings (SSSR count). The van der Waals surface area contributed by atoms with Crippen LogP contribution < -0.4 is 0 Å². The van der Waals surface area contributed by atoms with E-state index in [1.807, 2.05) is 11.8 Å². The van der Waals surface area contributed by atoms with Crippen LogP contribution in [0.3, 0.4) is 0 Å². The lowest BCUT2D eigenvalue weighted by molar-refractivity contribution is -0.141. The third kappa shape index (κ3) is 2.06. The maximum Gasteiger partial charge on any atom is 0.307 e. The van der Waals surface area contributed by atoms with Crippen LogP contribution in [0.25, 0.3) is 0 Å². The Labute approximate surface area is 88.9 Å². The normalized spacial score (nSPS) is 39.1. The molecule has 0 aromatic carbocycles. The molecule has 0 amide bonds. The van der Waals surface area contributed by atoms with Gasteiger partial charge in [0.25, 0.3) is 0 Å². The number of thioether (sulfide) groups is 1. The van der Waals surface area contributed by atoms with Crippen LogP contribution in [0.5, 0.6) is 0 Å². The highest BCUT2D eigenvalue weighted by atomic mass is 32.2. The van der Waals surface area contributed by atoms with E-state index in [-0.39, 0.29) is 5.92 Å². The van der Waals surface area contributed by atoms with Crippen LogP contribution in [-0.4, -0.2) is 46.1 Å². The Hall–Kier alpha value is -0.220. The first-order valence-electron chi connectivity index (χ1n) is 5.25. The van der Waals surface area contributed by atoms with Gasteiger partial charge >= 0.3 is 5.97 Å². The number of carbonyl (C=O) groups is 1. The molecule has 1 N–H and O–H groups in total. The van der Waals surface area contributed by atoms with E-state index < -0.39 is 5.97 Å². The van der Waals surface area contributed by atoms with Crippen LogP contribution in [0.4, 0.5) is 0 Å². The molecule has 14 heavy (non-hydrogen) atoms. The average Bonchev–Trinajstić information content (AvgIpc) is 2.70. The van der Waals surface area contributed by atoms with Crippen molar-refractivity contribution in [3.8, 4) is 0 Å². The van der Waals surface area contributed by atoms with Gasteiger partial charge in [0.15, 0.2) is 0 Å². The molecule has 4 heteroatoms. The number of carboxylic acid groups (broad SMARTS) is 1. The monoisotopic (exact) mass is 215 g/mol. The first kappa shape index (κ1) is 10.3. The summed E-state index contributed by atoms with van der Waals surface area (Å²) in [5.74, 6) is 0.454. The van der Waals surface area contributed by atoms with Gasteiger partial charge in [-0.05, 0) is 19.4 Å². The lowest BCUT2D eigenvalue weighted by Crippen LogP contribution is -2.34. The van der Waals surface area contributed by atoms with Gasteiger partial charge in [0.05, 0.1) is 5.92 Å². The van der Waals surface area contributed by atoms with E-state index in [9.17, 15) is 4.79 Å². The summed E-state index contributed by atoms with van der Waals surface area (Å²) in [6.07, 6.45) is 2.07. The van der Waals surface area contributed by atoms with Crippen molar-refractivity contribution in [2.24, 2.45) is 5.92 Å². The molecule has 2 saturated heterocycles. The summed E-state index contributed by atoms with van der Waals surface area (Å²) < 4.78 is 0. The van der Waals surface area contributed by atoms with Gasteiger partial charge < -0.3 is 5.11 Å².